The van der Waals surface area contributed by atoms with Crippen molar-refractivity contribution in [1.82, 2.24) is 14.1 Å². The molecule has 0 bridgehead atoms. The fraction of sp³-hybridized carbons (Fsp3) is 0.692. The third kappa shape index (κ3) is 3.64. The summed E-state index contributed by atoms with van der Waals surface area (Å²) < 4.78 is 25.7. The van der Waals surface area contributed by atoms with Gasteiger partial charge in [-0.05, 0) is 20.8 Å². The summed E-state index contributed by atoms with van der Waals surface area (Å²) in [7, 11) is -2.00. The minimum absolute atomic E-state index is 0.212. The van der Waals surface area contributed by atoms with E-state index in [9.17, 15) is 13.2 Å². The Hall–Kier alpha value is -1.06. The molecule has 0 saturated heterocycles. The number of hydrogen-bond donors (Lipinski definition) is 1. The number of sulfonamides is 1. The fourth-order valence-corrected chi connectivity index (χ4v) is 3.50. The first kappa shape index (κ1) is 17.3. The van der Waals surface area contributed by atoms with Gasteiger partial charge in [0.1, 0.15) is 5.82 Å². The number of aromatic nitrogens is 2. The lowest BCUT2D eigenvalue weighted by atomic mass is 10.1. The van der Waals surface area contributed by atoms with Crippen LogP contribution in [-0.4, -0.2) is 48.3 Å². The second-order valence-electron chi connectivity index (χ2n) is 6.42. The molecule has 22 heavy (non-hydrogen) atoms. The molecule has 0 fully saturated rings. The lowest BCUT2D eigenvalue weighted by Gasteiger charge is -2.23. The Morgan fingerprint density at radius 3 is 2.59 bits per heavy atom. The molecule has 7 nitrogen and oxygen atoms in total. The smallest absolute Gasteiger partial charge is 0.240 e. The highest BCUT2D eigenvalue weighted by Gasteiger charge is 2.29. The largest absolute Gasteiger partial charge is 0.309 e. The predicted molar refractivity (Wildman–Crippen MR) is 88.3 cm³/mol. The number of likely N-dealkylation sites (N-methyl/N-ethyl adjacent to an activating group) is 1. The van der Waals surface area contributed by atoms with Crippen LogP contribution in [-0.2, 0) is 31.9 Å². The average Bonchev–Trinajstić information content (AvgIpc) is 2.89. The maximum atomic E-state index is 12.2. The monoisotopic (exact) mass is 346 g/mol. The van der Waals surface area contributed by atoms with Gasteiger partial charge in [0.05, 0.1) is 24.0 Å². The van der Waals surface area contributed by atoms with Gasteiger partial charge in [0.2, 0.25) is 15.9 Å². The number of carbonyl (C=O) groups excluding carboxylic acids is 1. The van der Waals surface area contributed by atoms with Crippen LogP contribution in [0.4, 0.5) is 5.82 Å². The van der Waals surface area contributed by atoms with Crippen molar-refractivity contribution in [1.29, 1.82) is 0 Å². The van der Waals surface area contributed by atoms with Gasteiger partial charge < -0.3 is 5.32 Å². The highest BCUT2D eigenvalue weighted by molar-refractivity contribution is 7.98. The topological polar surface area (TPSA) is 84.3 Å². The van der Waals surface area contributed by atoms with Gasteiger partial charge in [0.25, 0.3) is 0 Å². The molecule has 0 spiro atoms. The summed E-state index contributed by atoms with van der Waals surface area (Å²) in [5.41, 5.74) is 1.77. The molecule has 0 atom stereocenters. The summed E-state index contributed by atoms with van der Waals surface area (Å²) >= 11 is 1.75. The van der Waals surface area contributed by atoms with Gasteiger partial charge in [-0.2, -0.15) is 21.2 Å². The molecule has 0 radical (unpaired) electrons. The van der Waals surface area contributed by atoms with E-state index in [0.717, 1.165) is 33.3 Å². The molecule has 0 aromatic carbocycles. The van der Waals surface area contributed by atoms with Gasteiger partial charge >= 0.3 is 0 Å². The maximum absolute atomic E-state index is 12.2. The van der Waals surface area contributed by atoms with Crippen molar-refractivity contribution in [3.05, 3.63) is 11.3 Å². The molecular weight excluding hydrogens is 324 g/mol. The van der Waals surface area contributed by atoms with E-state index < -0.39 is 10.0 Å². The van der Waals surface area contributed by atoms with Crippen LogP contribution in [0.25, 0.3) is 0 Å². The van der Waals surface area contributed by atoms with Gasteiger partial charge in [-0.15, -0.1) is 0 Å². The Bertz CT molecular complexity index is 689. The molecule has 2 heterocycles. The first-order valence-corrected chi connectivity index (χ1v) is 9.90. The standard InChI is InChI=1S/C13H22N4O3S2/c1-13(2,3)17-12(9-7-21-8-10(9)15-17)14-11(18)6-16(4)22(5,19)20/h6-8H2,1-5H3,(H,14,18). The number of carbonyl (C=O) groups is 1. The highest BCUT2D eigenvalue weighted by atomic mass is 32.2. The molecule has 1 amide bonds. The van der Waals surface area contributed by atoms with E-state index in [1.54, 1.807) is 11.8 Å². The number of nitrogens with zero attached hydrogens (tertiary/aromatic N) is 3. The number of rotatable bonds is 4. The number of fused-ring (bicyclic) bond motifs is 1. The molecule has 1 aliphatic rings. The number of nitrogens with one attached hydrogen (secondary N) is 1. The van der Waals surface area contributed by atoms with Crippen LogP contribution >= 0.6 is 11.8 Å². The summed E-state index contributed by atoms with van der Waals surface area (Å²) in [4.78, 5) is 12.2. The highest BCUT2D eigenvalue weighted by Crippen LogP contribution is 2.37. The van der Waals surface area contributed by atoms with Crippen LogP contribution in [0.15, 0.2) is 0 Å². The quantitative estimate of drug-likeness (QED) is 0.886. The lowest BCUT2D eigenvalue weighted by molar-refractivity contribution is -0.116. The van der Waals surface area contributed by atoms with Crippen molar-refractivity contribution in [2.45, 2.75) is 37.8 Å². The predicted octanol–water partition coefficient (Wildman–Crippen LogP) is 1.21. The van der Waals surface area contributed by atoms with E-state index >= 15 is 0 Å². The zero-order valence-corrected chi connectivity index (χ0v) is 15.1. The zero-order valence-electron chi connectivity index (χ0n) is 13.5. The second kappa shape index (κ2) is 5.86. The van der Waals surface area contributed by atoms with Crippen molar-refractivity contribution in [3.63, 3.8) is 0 Å². The molecule has 1 aromatic rings. The number of amides is 1. The summed E-state index contributed by atoms with van der Waals surface area (Å²) in [5.74, 6) is 1.96. The van der Waals surface area contributed by atoms with E-state index in [4.69, 9.17) is 0 Å². The van der Waals surface area contributed by atoms with Crippen LogP contribution < -0.4 is 5.32 Å². The van der Waals surface area contributed by atoms with E-state index in [1.807, 2.05) is 25.5 Å². The van der Waals surface area contributed by atoms with E-state index in [2.05, 4.69) is 10.4 Å². The van der Waals surface area contributed by atoms with Gasteiger partial charge in [-0.25, -0.2) is 13.1 Å². The van der Waals surface area contributed by atoms with Gasteiger partial charge in [0.15, 0.2) is 0 Å². The van der Waals surface area contributed by atoms with Crippen LogP contribution in [0, 0.1) is 0 Å². The Morgan fingerprint density at radius 1 is 1.41 bits per heavy atom. The first-order valence-electron chi connectivity index (χ1n) is 6.90. The normalized spacial score (nSPS) is 15.2. The third-order valence-corrected chi connectivity index (χ3v) is 5.61. The lowest BCUT2D eigenvalue weighted by Crippen LogP contribution is -2.35. The second-order valence-corrected chi connectivity index (χ2v) is 9.49. The minimum Gasteiger partial charge on any atom is -0.309 e. The van der Waals surface area contributed by atoms with E-state index in [1.165, 1.54) is 7.05 Å². The molecule has 0 aliphatic carbocycles. The molecule has 0 saturated carbocycles. The number of anilines is 1. The Morgan fingerprint density at radius 2 is 2.05 bits per heavy atom. The van der Waals surface area contributed by atoms with Crippen molar-refractivity contribution in [3.8, 4) is 0 Å². The zero-order chi connectivity index (χ0) is 16.7. The molecule has 0 unspecified atom stereocenters. The fourth-order valence-electron chi connectivity index (χ4n) is 2.12. The average molecular weight is 346 g/mol. The molecule has 1 N–H and O–H groups in total. The maximum Gasteiger partial charge on any atom is 0.240 e. The Kier molecular flexibility index (Phi) is 4.61. The van der Waals surface area contributed by atoms with E-state index in [-0.39, 0.29) is 18.0 Å². The summed E-state index contributed by atoms with van der Waals surface area (Å²) in [6.45, 7) is 5.83. The molecule has 9 heteroatoms. The van der Waals surface area contributed by atoms with Gasteiger partial charge in [-0.1, -0.05) is 0 Å². The van der Waals surface area contributed by atoms with Gasteiger partial charge in [-0.3, -0.25) is 4.79 Å². The number of hydrogen-bond acceptors (Lipinski definition) is 5. The molecule has 124 valence electrons. The van der Waals surface area contributed by atoms with Crippen LogP contribution in [0.2, 0.25) is 0 Å². The van der Waals surface area contributed by atoms with Gasteiger partial charge in [0, 0.05) is 24.1 Å². The molecule has 2 rings (SSSR count). The van der Waals surface area contributed by atoms with E-state index in [0.29, 0.717) is 5.82 Å². The summed E-state index contributed by atoms with van der Waals surface area (Å²) in [6, 6.07) is 0. The van der Waals surface area contributed by atoms with Crippen molar-refractivity contribution in [2.75, 3.05) is 25.2 Å². The molecule has 1 aliphatic heterocycles. The van der Waals surface area contributed by atoms with Crippen LogP contribution in [0.3, 0.4) is 0 Å². The van der Waals surface area contributed by atoms with Crippen molar-refractivity contribution < 1.29 is 13.2 Å². The van der Waals surface area contributed by atoms with Crippen LogP contribution in [0.5, 0.6) is 0 Å². The molecule has 1 aromatic heterocycles. The van der Waals surface area contributed by atoms with Crippen molar-refractivity contribution >= 4 is 33.5 Å². The molecular formula is C13H22N4O3S2. The Balaban J connectivity index is 2.24. The van der Waals surface area contributed by atoms with Crippen LogP contribution in [0.1, 0.15) is 32.0 Å². The third-order valence-electron chi connectivity index (χ3n) is 3.38. The number of thioether (sulfide) groups is 1. The van der Waals surface area contributed by atoms with Crippen molar-refractivity contribution in [2.24, 2.45) is 0 Å². The Labute approximate surface area is 135 Å². The summed E-state index contributed by atoms with van der Waals surface area (Å²) in [6.07, 6.45) is 1.08. The summed E-state index contributed by atoms with van der Waals surface area (Å²) in [5, 5.41) is 7.43. The first-order chi connectivity index (χ1) is 10.00. The minimum atomic E-state index is -3.38. The SMILES string of the molecule is CN(CC(=O)Nc1c2c(nn1C(C)(C)C)CSC2)S(C)(=O)=O.